The molecule has 1 aromatic heterocycles. The molecule has 5 heteroatoms. The molecule has 0 fully saturated rings. The van der Waals surface area contributed by atoms with Crippen LogP contribution in [0.2, 0.25) is 0 Å². The Morgan fingerprint density at radius 1 is 1.57 bits per heavy atom. The lowest BCUT2D eigenvalue weighted by Gasteiger charge is -2.02. The Hall–Kier alpha value is -0.940. The van der Waals surface area contributed by atoms with Crippen LogP contribution in [0.15, 0.2) is 22.8 Å². The van der Waals surface area contributed by atoms with Gasteiger partial charge < -0.3 is 10.6 Å². The first-order chi connectivity index (χ1) is 6.72. The monoisotopic (exact) mass is 257 g/mol. The number of aromatic nitrogens is 1. The van der Waals surface area contributed by atoms with Crippen molar-refractivity contribution in [1.29, 1.82) is 0 Å². The van der Waals surface area contributed by atoms with E-state index in [1.807, 2.05) is 12.1 Å². The number of nitrogens with zero attached hydrogens (tertiary/aromatic N) is 1. The van der Waals surface area contributed by atoms with Gasteiger partial charge >= 0.3 is 0 Å². The van der Waals surface area contributed by atoms with E-state index in [0.29, 0.717) is 13.1 Å². The van der Waals surface area contributed by atoms with E-state index in [1.165, 1.54) is 0 Å². The van der Waals surface area contributed by atoms with Crippen molar-refractivity contribution >= 4 is 21.8 Å². The Kier molecular flexibility index (Phi) is 4.55. The molecule has 0 saturated carbocycles. The van der Waals surface area contributed by atoms with Crippen LogP contribution in [0.4, 0.5) is 0 Å². The highest BCUT2D eigenvalue weighted by molar-refractivity contribution is 9.10. The van der Waals surface area contributed by atoms with Crippen LogP contribution in [0, 0.1) is 0 Å². The van der Waals surface area contributed by atoms with E-state index >= 15 is 0 Å². The highest BCUT2D eigenvalue weighted by Crippen LogP contribution is 2.06. The Balaban J connectivity index is 2.31. The standard InChI is InChI=1S/C9H12BrN3O/c1-11-9(14)6-12-5-8-3-2-7(10)4-13-8/h2-4,12H,5-6H2,1H3,(H,11,14). The Bertz CT molecular complexity index is 299. The zero-order valence-corrected chi connectivity index (χ0v) is 9.47. The molecule has 0 aliphatic heterocycles. The van der Waals surface area contributed by atoms with Gasteiger partial charge in [-0.2, -0.15) is 0 Å². The van der Waals surface area contributed by atoms with Gasteiger partial charge in [-0.25, -0.2) is 0 Å². The third-order valence-corrected chi connectivity index (χ3v) is 2.13. The zero-order chi connectivity index (χ0) is 10.4. The average molecular weight is 258 g/mol. The van der Waals surface area contributed by atoms with E-state index in [1.54, 1.807) is 13.2 Å². The van der Waals surface area contributed by atoms with Gasteiger partial charge in [0.25, 0.3) is 0 Å². The molecule has 1 aromatic rings. The molecule has 0 aliphatic rings. The van der Waals surface area contributed by atoms with Crippen LogP contribution < -0.4 is 10.6 Å². The van der Waals surface area contributed by atoms with E-state index in [2.05, 4.69) is 31.5 Å². The summed E-state index contributed by atoms with van der Waals surface area (Å²) in [5, 5.41) is 5.51. The number of pyridine rings is 1. The Morgan fingerprint density at radius 3 is 2.93 bits per heavy atom. The maximum absolute atomic E-state index is 10.9. The Labute approximate surface area is 91.2 Å². The van der Waals surface area contributed by atoms with Crippen molar-refractivity contribution in [3.63, 3.8) is 0 Å². The van der Waals surface area contributed by atoms with Crippen molar-refractivity contribution in [2.24, 2.45) is 0 Å². The predicted octanol–water partition coefficient (Wildman–Crippen LogP) is 0.680. The lowest BCUT2D eigenvalue weighted by atomic mass is 10.3. The molecule has 0 aliphatic carbocycles. The molecule has 1 heterocycles. The fourth-order valence-corrected chi connectivity index (χ4v) is 1.14. The smallest absolute Gasteiger partial charge is 0.233 e. The number of hydrogen-bond acceptors (Lipinski definition) is 3. The van der Waals surface area contributed by atoms with Crippen molar-refractivity contribution in [2.75, 3.05) is 13.6 Å². The topological polar surface area (TPSA) is 54.0 Å². The summed E-state index contributed by atoms with van der Waals surface area (Å²) in [6.07, 6.45) is 1.73. The summed E-state index contributed by atoms with van der Waals surface area (Å²) >= 11 is 3.30. The molecule has 2 N–H and O–H groups in total. The van der Waals surface area contributed by atoms with Crippen LogP contribution in [-0.4, -0.2) is 24.5 Å². The molecular weight excluding hydrogens is 246 g/mol. The summed E-state index contributed by atoms with van der Waals surface area (Å²) in [6, 6.07) is 3.82. The van der Waals surface area contributed by atoms with Gasteiger partial charge in [-0.3, -0.25) is 9.78 Å². The predicted molar refractivity (Wildman–Crippen MR) is 57.7 cm³/mol. The molecule has 0 spiro atoms. The van der Waals surface area contributed by atoms with Crippen molar-refractivity contribution in [2.45, 2.75) is 6.54 Å². The highest BCUT2D eigenvalue weighted by atomic mass is 79.9. The minimum Gasteiger partial charge on any atom is -0.358 e. The fraction of sp³-hybridized carbons (Fsp3) is 0.333. The van der Waals surface area contributed by atoms with Crippen LogP contribution in [0.1, 0.15) is 5.69 Å². The van der Waals surface area contributed by atoms with Crippen LogP contribution in [-0.2, 0) is 11.3 Å². The van der Waals surface area contributed by atoms with Gasteiger partial charge in [0.1, 0.15) is 0 Å². The minimum absolute atomic E-state index is 0.0258. The molecule has 76 valence electrons. The molecule has 0 aromatic carbocycles. The van der Waals surface area contributed by atoms with E-state index < -0.39 is 0 Å². The first-order valence-corrected chi connectivity index (χ1v) is 5.03. The summed E-state index contributed by atoms with van der Waals surface area (Å²) in [7, 11) is 1.61. The number of rotatable bonds is 4. The molecular formula is C9H12BrN3O. The lowest BCUT2D eigenvalue weighted by molar-refractivity contribution is -0.119. The molecule has 14 heavy (non-hydrogen) atoms. The van der Waals surface area contributed by atoms with Gasteiger partial charge in [0, 0.05) is 24.3 Å². The largest absolute Gasteiger partial charge is 0.358 e. The number of carbonyl (C=O) groups is 1. The van der Waals surface area contributed by atoms with Gasteiger partial charge in [-0.05, 0) is 28.1 Å². The van der Waals surface area contributed by atoms with E-state index in [4.69, 9.17) is 0 Å². The van der Waals surface area contributed by atoms with Gasteiger partial charge in [-0.15, -0.1) is 0 Å². The second kappa shape index (κ2) is 5.72. The van der Waals surface area contributed by atoms with Gasteiger partial charge in [0.15, 0.2) is 0 Å². The fourth-order valence-electron chi connectivity index (χ4n) is 0.904. The summed E-state index contributed by atoms with van der Waals surface area (Å²) in [5.74, 6) is -0.0258. The average Bonchev–Trinajstić information content (AvgIpc) is 2.21. The molecule has 0 bridgehead atoms. The molecule has 4 nitrogen and oxygen atoms in total. The molecule has 0 saturated heterocycles. The Morgan fingerprint density at radius 2 is 2.36 bits per heavy atom. The van der Waals surface area contributed by atoms with Crippen molar-refractivity contribution in [1.82, 2.24) is 15.6 Å². The summed E-state index contributed by atoms with van der Waals surface area (Å²) < 4.78 is 0.951. The minimum atomic E-state index is -0.0258. The summed E-state index contributed by atoms with van der Waals surface area (Å²) in [5.41, 5.74) is 0.914. The number of carbonyl (C=O) groups excluding carboxylic acids is 1. The summed E-state index contributed by atoms with van der Waals surface area (Å²) in [6.45, 7) is 0.912. The normalized spacial score (nSPS) is 9.86. The van der Waals surface area contributed by atoms with Crippen molar-refractivity contribution in [3.05, 3.63) is 28.5 Å². The quantitative estimate of drug-likeness (QED) is 0.835. The number of halogens is 1. The number of nitrogens with one attached hydrogen (secondary N) is 2. The van der Waals surface area contributed by atoms with E-state index in [9.17, 15) is 4.79 Å². The molecule has 0 atom stereocenters. The van der Waals surface area contributed by atoms with Gasteiger partial charge in [-0.1, -0.05) is 0 Å². The first kappa shape index (κ1) is 11.1. The number of likely N-dealkylation sites (N-methyl/N-ethyl adjacent to an activating group) is 1. The third kappa shape index (κ3) is 3.85. The van der Waals surface area contributed by atoms with Crippen molar-refractivity contribution < 1.29 is 4.79 Å². The maximum Gasteiger partial charge on any atom is 0.233 e. The second-order valence-electron chi connectivity index (χ2n) is 2.74. The zero-order valence-electron chi connectivity index (χ0n) is 7.88. The number of amides is 1. The molecule has 0 unspecified atom stereocenters. The van der Waals surface area contributed by atoms with Gasteiger partial charge in [0.05, 0.1) is 12.2 Å². The molecule has 1 rings (SSSR count). The van der Waals surface area contributed by atoms with Crippen LogP contribution >= 0.6 is 15.9 Å². The SMILES string of the molecule is CNC(=O)CNCc1ccc(Br)cn1. The van der Waals surface area contributed by atoms with E-state index in [0.717, 1.165) is 10.2 Å². The van der Waals surface area contributed by atoms with Crippen LogP contribution in [0.25, 0.3) is 0 Å². The third-order valence-electron chi connectivity index (χ3n) is 1.66. The highest BCUT2D eigenvalue weighted by Gasteiger charge is 1.97. The second-order valence-corrected chi connectivity index (χ2v) is 3.66. The molecule has 1 amide bonds. The van der Waals surface area contributed by atoms with Crippen molar-refractivity contribution in [3.8, 4) is 0 Å². The first-order valence-electron chi connectivity index (χ1n) is 4.24. The van der Waals surface area contributed by atoms with Crippen LogP contribution in [0.5, 0.6) is 0 Å². The summed E-state index contributed by atoms with van der Waals surface area (Å²) in [4.78, 5) is 15.0. The maximum atomic E-state index is 10.9. The number of hydrogen-bond donors (Lipinski definition) is 2. The van der Waals surface area contributed by atoms with E-state index in [-0.39, 0.29) is 5.91 Å². The lowest BCUT2D eigenvalue weighted by Crippen LogP contribution is -2.31. The van der Waals surface area contributed by atoms with Crippen LogP contribution in [0.3, 0.4) is 0 Å². The van der Waals surface area contributed by atoms with Gasteiger partial charge in [0.2, 0.25) is 5.91 Å². The molecule has 0 radical (unpaired) electrons.